The Labute approximate surface area is 188 Å². The summed E-state index contributed by atoms with van der Waals surface area (Å²) in [5.41, 5.74) is 3.31. The lowest BCUT2D eigenvalue weighted by Gasteiger charge is -2.26. The zero-order valence-electron chi connectivity index (χ0n) is 17.8. The van der Waals surface area contributed by atoms with Crippen LogP contribution in [0.2, 0.25) is 5.15 Å². The van der Waals surface area contributed by atoms with Gasteiger partial charge in [0.05, 0.1) is 11.7 Å². The summed E-state index contributed by atoms with van der Waals surface area (Å²) in [6.45, 7) is 3.63. The van der Waals surface area contributed by atoms with E-state index in [-0.39, 0.29) is 6.04 Å². The Balaban J connectivity index is 1.62. The predicted molar refractivity (Wildman–Crippen MR) is 124 cm³/mol. The molecule has 0 fully saturated rings. The van der Waals surface area contributed by atoms with Crippen molar-refractivity contribution < 1.29 is 9.47 Å². The van der Waals surface area contributed by atoms with Gasteiger partial charge in [-0.15, -0.1) is 0 Å². The second kappa shape index (κ2) is 10.5. The van der Waals surface area contributed by atoms with Gasteiger partial charge >= 0.3 is 0 Å². The van der Waals surface area contributed by atoms with Crippen molar-refractivity contribution in [3.63, 3.8) is 0 Å². The summed E-state index contributed by atoms with van der Waals surface area (Å²) >= 11 is 6.65. The average Bonchev–Trinajstić information content (AvgIpc) is 3.15. The molecule has 1 N–H and O–H groups in total. The zero-order valence-corrected chi connectivity index (χ0v) is 18.5. The molecule has 0 spiro atoms. The smallest absolute Gasteiger partial charge is 0.159 e. The Kier molecular flexibility index (Phi) is 7.28. The fourth-order valence-electron chi connectivity index (χ4n) is 3.87. The molecule has 1 atom stereocenters. The van der Waals surface area contributed by atoms with Crippen LogP contribution in [0.5, 0.6) is 0 Å². The lowest BCUT2D eigenvalue weighted by molar-refractivity contribution is 0.232. The van der Waals surface area contributed by atoms with Crippen LogP contribution in [0.1, 0.15) is 38.3 Å². The third-order valence-electron chi connectivity index (χ3n) is 5.49. The highest BCUT2D eigenvalue weighted by atomic mass is 35.5. The summed E-state index contributed by atoms with van der Waals surface area (Å²) in [7, 11) is 0. The number of allylic oxidation sites excluding steroid dienone is 3. The number of benzene rings is 1. The van der Waals surface area contributed by atoms with Crippen LogP contribution < -0.4 is 5.32 Å². The lowest BCUT2D eigenvalue weighted by Crippen LogP contribution is -2.34. The SMILES string of the molecule is CCCCn1c(-c2ccccc2)nc(Cl)c1CNC(C1=CC=CCC1)C1=COC=CO1. The van der Waals surface area contributed by atoms with Gasteiger partial charge in [-0.25, -0.2) is 4.98 Å². The third kappa shape index (κ3) is 5.12. The maximum absolute atomic E-state index is 6.65. The van der Waals surface area contributed by atoms with Crippen molar-refractivity contribution in [2.45, 2.75) is 51.7 Å². The highest BCUT2D eigenvalue weighted by Gasteiger charge is 2.24. The number of rotatable bonds is 9. The predicted octanol–water partition coefficient (Wildman–Crippen LogP) is 6.10. The normalized spacial score (nSPS) is 16.3. The number of nitrogens with zero attached hydrogens (tertiary/aromatic N) is 2. The molecule has 162 valence electrons. The van der Waals surface area contributed by atoms with E-state index in [9.17, 15) is 0 Å². The molecule has 1 aliphatic heterocycles. The van der Waals surface area contributed by atoms with Crippen molar-refractivity contribution in [2.75, 3.05) is 0 Å². The minimum absolute atomic E-state index is 0.0966. The van der Waals surface area contributed by atoms with Gasteiger partial charge in [0.1, 0.15) is 24.6 Å². The van der Waals surface area contributed by atoms with Crippen molar-refractivity contribution in [3.05, 3.63) is 89.5 Å². The van der Waals surface area contributed by atoms with Crippen LogP contribution in [0.25, 0.3) is 11.4 Å². The standard InChI is InChI=1S/C25H28ClN3O2/c1-2-3-14-29-21(24(26)28-25(29)20-12-8-5-9-13-20)17-27-23(19-10-6-4-7-11-19)22-18-30-15-16-31-22/h4-6,8-10,12-13,15-16,18,23,27H,2-3,7,11,14,17H2,1H3. The first kappa shape index (κ1) is 21.5. The molecule has 2 heterocycles. The second-order valence-electron chi connectivity index (χ2n) is 7.61. The number of aromatic nitrogens is 2. The molecule has 31 heavy (non-hydrogen) atoms. The molecule has 0 amide bonds. The van der Waals surface area contributed by atoms with Gasteiger partial charge in [-0.1, -0.05) is 73.5 Å². The number of halogens is 1. The largest absolute Gasteiger partial charge is 0.466 e. The van der Waals surface area contributed by atoms with Crippen molar-refractivity contribution in [1.82, 2.24) is 14.9 Å². The van der Waals surface area contributed by atoms with E-state index < -0.39 is 0 Å². The zero-order chi connectivity index (χ0) is 21.5. The number of unbranched alkanes of at least 4 members (excludes halogenated alkanes) is 1. The van der Waals surface area contributed by atoms with Gasteiger partial charge in [0.15, 0.2) is 10.9 Å². The number of hydrogen-bond donors (Lipinski definition) is 1. The van der Waals surface area contributed by atoms with E-state index >= 15 is 0 Å². The van der Waals surface area contributed by atoms with Crippen LogP contribution in [0.3, 0.4) is 0 Å². The van der Waals surface area contributed by atoms with Gasteiger partial charge in [0.25, 0.3) is 0 Å². The van der Waals surface area contributed by atoms with Crippen LogP contribution in [0.4, 0.5) is 0 Å². The third-order valence-corrected chi connectivity index (χ3v) is 5.79. The van der Waals surface area contributed by atoms with Crippen molar-refractivity contribution in [1.29, 1.82) is 0 Å². The van der Waals surface area contributed by atoms with Crippen LogP contribution in [-0.2, 0) is 22.6 Å². The Morgan fingerprint density at radius 2 is 2.10 bits per heavy atom. The quantitative estimate of drug-likeness (QED) is 0.515. The Morgan fingerprint density at radius 1 is 1.23 bits per heavy atom. The van der Waals surface area contributed by atoms with Gasteiger partial charge in [0.2, 0.25) is 0 Å². The summed E-state index contributed by atoms with van der Waals surface area (Å²) in [6, 6.07) is 10.1. The molecule has 4 rings (SSSR count). The van der Waals surface area contributed by atoms with Crippen LogP contribution >= 0.6 is 11.6 Å². The summed E-state index contributed by atoms with van der Waals surface area (Å²) < 4.78 is 13.4. The molecule has 1 unspecified atom stereocenters. The molecule has 0 bridgehead atoms. The Hall–Kier alpha value is -2.76. The number of imidazole rings is 1. The van der Waals surface area contributed by atoms with Gasteiger partial charge in [0, 0.05) is 18.7 Å². The minimum Gasteiger partial charge on any atom is -0.466 e. The second-order valence-corrected chi connectivity index (χ2v) is 7.97. The summed E-state index contributed by atoms with van der Waals surface area (Å²) in [5.74, 6) is 1.65. The van der Waals surface area contributed by atoms with Crippen molar-refractivity contribution >= 4 is 11.6 Å². The van der Waals surface area contributed by atoms with Crippen molar-refractivity contribution in [2.24, 2.45) is 0 Å². The molecule has 1 aliphatic carbocycles. The van der Waals surface area contributed by atoms with Crippen molar-refractivity contribution in [3.8, 4) is 11.4 Å². The molecular formula is C25H28ClN3O2. The monoisotopic (exact) mass is 437 g/mol. The minimum atomic E-state index is -0.0966. The Bertz CT molecular complexity index is 1010. The summed E-state index contributed by atoms with van der Waals surface area (Å²) in [6.07, 6.45) is 15.3. The van der Waals surface area contributed by atoms with Crippen LogP contribution in [-0.4, -0.2) is 15.6 Å². The maximum Gasteiger partial charge on any atom is 0.159 e. The van der Waals surface area contributed by atoms with Gasteiger partial charge in [-0.05, 0) is 24.8 Å². The van der Waals surface area contributed by atoms with E-state index in [0.717, 1.165) is 55.1 Å². The molecule has 0 saturated heterocycles. The molecule has 5 nitrogen and oxygen atoms in total. The van der Waals surface area contributed by atoms with E-state index in [1.165, 1.54) is 11.8 Å². The first-order valence-electron chi connectivity index (χ1n) is 10.8. The molecule has 1 aromatic heterocycles. The van der Waals surface area contributed by atoms with E-state index in [2.05, 4.69) is 47.2 Å². The summed E-state index contributed by atoms with van der Waals surface area (Å²) in [5, 5.41) is 4.18. The first-order chi connectivity index (χ1) is 15.3. The maximum atomic E-state index is 6.65. The van der Waals surface area contributed by atoms with E-state index in [0.29, 0.717) is 11.7 Å². The van der Waals surface area contributed by atoms with E-state index in [4.69, 9.17) is 26.1 Å². The molecular weight excluding hydrogens is 410 g/mol. The molecule has 6 heteroatoms. The fourth-order valence-corrected chi connectivity index (χ4v) is 4.12. The first-order valence-corrected chi connectivity index (χ1v) is 11.2. The lowest BCUT2D eigenvalue weighted by atomic mass is 9.96. The van der Waals surface area contributed by atoms with Gasteiger partial charge in [-0.3, -0.25) is 5.32 Å². The number of hydrogen-bond acceptors (Lipinski definition) is 4. The molecule has 0 radical (unpaired) electrons. The number of nitrogens with one attached hydrogen (secondary N) is 1. The number of ether oxygens (including phenoxy) is 2. The van der Waals surface area contributed by atoms with Crippen LogP contribution in [0, 0.1) is 0 Å². The molecule has 2 aromatic rings. The van der Waals surface area contributed by atoms with Gasteiger partial charge < -0.3 is 14.0 Å². The summed E-state index contributed by atoms with van der Waals surface area (Å²) in [4.78, 5) is 4.72. The Morgan fingerprint density at radius 3 is 2.81 bits per heavy atom. The van der Waals surface area contributed by atoms with E-state index in [1.807, 2.05) is 18.2 Å². The molecule has 2 aliphatic rings. The fraction of sp³-hybridized carbons (Fsp3) is 0.320. The van der Waals surface area contributed by atoms with E-state index in [1.54, 1.807) is 12.5 Å². The van der Waals surface area contributed by atoms with Gasteiger partial charge in [-0.2, -0.15) is 0 Å². The molecule has 0 saturated carbocycles. The van der Waals surface area contributed by atoms with Crippen LogP contribution in [0.15, 0.2) is 78.7 Å². The molecule has 1 aromatic carbocycles. The highest BCUT2D eigenvalue weighted by molar-refractivity contribution is 6.30. The highest BCUT2D eigenvalue weighted by Crippen LogP contribution is 2.28. The average molecular weight is 438 g/mol. The topological polar surface area (TPSA) is 48.3 Å².